The van der Waals surface area contributed by atoms with E-state index in [0.717, 1.165) is 17.0 Å². The number of ether oxygens (including phenoxy) is 1. The fourth-order valence-electron chi connectivity index (χ4n) is 1.76. The van der Waals surface area contributed by atoms with Crippen LogP contribution in [0.1, 0.15) is 17.7 Å². The monoisotopic (exact) mass is 260 g/mol. The van der Waals surface area contributed by atoms with Crippen molar-refractivity contribution in [2.24, 2.45) is 0 Å². The Morgan fingerprint density at radius 3 is 2.89 bits per heavy atom. The van der Waals surface area contributed by atoms with Crippen LogP contribution in [0.15, 0.2) is 30.5 Å². The van der Waals surface area contributed by atoms with Gasteiger partial charge in [0.15, 0.2) is 5.75 Å². The van der Waals surface area contributed by atoms with Crippen molar-refractivity contribution >= 4 is 5.97 Å². The number of nitrogens with zero attached hydrogens (tertiary/aromatic N) is 2. The van der Waals surface area contributed by atoms with Gasteiger partial charge in [-0.3, -0.25) is 9.48 Å². The molecule has 2 rings (SSSR count). The minimum absolute atomic E-state index is 0.0480. The summed E-state index contributed by atoms with van der Waals surface area (Å²) in [5.41, 5.74) is 1.94. The molecule has 0 aliphatic carbocycles. The average molecular weight is 260 g/mol. The van der Waals surface area contributed by atoms with Crippen LogP contribution in [-0.4, -0.2) is 20.9 Å². The maximum absolute atomic E-state index is 10.5. The molecule has 100 valence electrons. The van der Waals surface area contributed by atoms with Gasteiger partial charge in [-0.15, -0.1) is 0 Å². The Bertz CT molecular complexity index is 590. The summed E-state index contributed by atoms with van der Waals surface area (Å²) >= 11 is 0. The first kappa shape index (κ1) is 13.1. The number of hydrogen-bond acceptors (Lipinski definition) is 3. The lowest BCUT2D eigenvalue weighted by atomic mass is 10.2. The number of carboxylic acid groups (broad SMARTS) is 1. The highest BCUT2D eigenvalue weighted by Gasteiger charge is 2.09. The van der Waals surface area contributed by atoms with Crippen molar-refractivity contribution in [1.82, 2.24) is 9.78 Å². The fraction of sp³-hybridized carbons (Fsp3) is 0.286. The number of aliphatic carboxylic acids is 1. The van der Waals surface area contributed by atoms with Crippen LogP contribution in [0.25, 0.3) is 0 Å². The Hall–Kier alpha value is -2.30. The molecule has 1 aromatic carbocycles. The molecule has 5 heteroatoms. The molecule has 5 nitrogen and oxygen atoms in total. The molecular formula is C14H16N2O3. The van der Waals surface area contributed by atoms with Gasteiger partial charge in [-0.1, -0.05) is 12.1 Å². The first-order chi connectivity index (χ1) is 9.06. The lowest BCUT2D eigenvalue weighted by molar-refractivity contribution is -0.137. The van der Waals surface area contributed by atoms with Crippen LogP contribution in [0.2, 0.25) is 0 Å². The van der Waals surface area contributed by atoms with Gasteiger partial charge in [-0.2, -0.15) is 5.10 Å². The largest absolute Gasteiger partial charge is 0.481 e. The van der Waals surface area contributed by atoms with Gasteiger partial charge < -0.3 is 9.84 Å². The molecule has 0 atom stereocenters. The van der Waals surface area contributed by atoms with E-state index in [1.807, 2.05) is 38.1 Å². The predicted octanol–water partition coefficient (Wildman–Crippen LogP) is 2.77. The number of hydrogen-bond donors (Lipinski definition) is 1. The molecule has 0 spiro atoms. The Balaban J connectivity index is 2.11. The Kier molecular flexibility index (Phi) is 3.85. The van der Waals surface area contributed by atoms with Crippen molar-refractivity contribution in [2.45, 2.75) is 26.8 Å². The predicted molar refractivity (Wildman–Crippen MR) is 70.5 cm³/mol. The third-order valence-electron chi connectivity index (χ3n) is 2.81. The Labute approximate surface area is 111 Å². The number of benzene rings is 1. The third-order valence-corrected chi connectivity index (χ3v) is 2.81. The molecule has 0 saturated heterocycles. The van der Waals surface area contributed by atoms with Crippen LogP contribution >= 0.6 is 0 Å². The second kappa shape index (κ2) is 5.56. The molecule has 1 N–H and O–H groups in total. The van der Waals surface area contributed by atoms with E-state index in [4.69, 9.17) is 9.84 Å². The Morgan fingerprint density at radius 1 is 1.42 bits per heavy atom. The maximum Gasteiger partial charge on any atom is 0.305 e. The Morgan fingerprint density at radius 2 is 2.21 bits per heavy atom. The fourth-order valence-corrected chi connectivity index (χ4v) is 1.76. The quantitative estimate of drug-likeness (QED) is 0.897. The molecule has 0 bridgehead atoms. The van der Waals surface area contributed by atoms with E-state index in [1.54, 1.807) is 10.9 Å². The summed E-state index contributed by atoms with van der Waals surface area (Å²) in [5.74, 6) is 0.563. The summed E-state index contributed by atoms with van der Waals surface area (Å²) in [7, 11) is 0. The van der Waals surface area contributed by atoms with Gasteiger partial charge in [0.2, 0.25) is 0 Å². The van der Waals surface area contributed by atoms with E-state index >= 15 is 0 Å². The number of aryl methyl sites for hydroxylation is 2. The topological polar surface area (TPSA) is 64.4 Å². The molecular weight excluding hydrogens is 244 g/mol. The minimum atomic E-state index is -0.837. The molecule has 0 aliphatic heterocycles. The molecule has 0 unspecified atom stereocenters. The summed E-state index contributed by atoms with van der Waals surface area (Å²) in [5, 5.41) is 12.8. The number of carbonyl (C=O) groups is 1. The second-order valence-electron chi connectivity index (χ2n) is 4.38. The van der Waals surface area contributed by atoms with Crippen LogP contribution in [0.4, 0.5) is 0 Å². The van der Waals surface area contributed by atoms with Crippen LogP contribution in [-0.2, 0) is 11.3 Å². The van der Waals surface area contributed by atoms with Gasteiger partial charge in [0.25, 0.3) is 0 Å². The summed E-state index contributed by atoms with van der Waals surface area (Å²) in [6.45, 7) is 4.20. The second-order valence-corrected chi connectivity index (χ2v) is 4.38. The highest BCUT2D eigenvalue weighted by Crippen LogP contribution is 2.25. The van der Waals surface area contributed by atoms with E-state index in [2.05, 4.69) is 5.10 Å². The van der Waals surface area contributed by atoms with Crippen LogP contribution in [0.3, 0.4) is 0 Å². The lowest BCUT2D eigenvalue weighted by Gasteiger charge is -2.06. The number of carboxylic acids is 1. The highest BCUT2D eigenvalue weighted by molar-refractivity contribution is 5.66. The third kappa shape index (κ3) is 3.34. The van der Waals surface area contributed by atoms with Crippen molar-refractivity contribution in [1.29, 1.82) is 0 Å². The van der Waals surface area contributed by atoms with Crippen LogP contribution in [0, 0.1) is 13.8 Å². The van der Waals surface area contributed by atoms with Gasteiger partial charge in [0.1, 0.15) is 5.75 Å². The molecule has 19 heavy (non-hydrogen) atoms. The maximum atomic E-state index is 10.5. The first-order valence-corrected chi connectivity index (χ1v) is 6.05. The minimum Gasteiger partial charge on any atom is -0.481 e. The smallest absolute Gasteiger partial charge is 0.305 e. The molecule has 0 aliphatic rings. The summed E-state index contributed by atoms with van der Waals surface area (Å²) in [4.78, 5) is 10.5. The zero-order chi connectivity index (χ0) is 13.8. The van der Waals surface area contributed by atoms with E-state index in [1.165, 1.54) is 0 Å². The van der Waals surface area contributed by atoms with E-state index in [-0.39, 0.29) is 6.42 Å². The molecule has 0 saturated carbocycles. The average Bonchev–Trinajstić information content (AvgIpc) is 2.68. The molecule has 0 radical (unpaired) electrons. The first-order valence-electron chi connectivity index (χ1n) is 6.05. The van der Waals surface area contributed by atoms with Crippen molar-refractivity contribution in [3.8, 4) is 11.5 Å². The van der Waals surface area contributed by atoms with Crippen LogP contribution < -0.4 is 4.74 Å². The van der Waals surface area contributed by atoms with Gasteiger partial charge in [0.05, 0.1) is 24.9 Å². The summed E-state index contributed by atoms with van der Waals surface area (Å²) in [6, 6.07) is 7.74. The van der Waals surface area contributed by atoms with E-state index in [9.17, 15) is 4.79 Å². The summed E-state index contributed by atoms with van der Waals surface area (Å²) < 4.78 is 7.38. The zero-order valence-corrected chi connectivity index (χ0v) is 11.0. The van der Waals surface area contributed by atoms with Gasteiger partial charge in [0, 0.05) is 0 Å². The molecule has 0 amide bonds. The standard InChI is InChI=1S/C14H16N2O3/c1-10-4-3-5-12(8-10)19-13-9-15-16(11(13)2)7-6-14(17)18/h3-5,8-9H,6-7H2,1-2H3,(H,17,18). The zero-order valence-electron chi connectivity index (χ0n) is 11.0. The van der Waals surface area contributed by atoms with Crippen molar-refractivity contribution in [3.05, 3.63) is 41.7 Å². The van der Waals surface area contributed by atoms with Crippen molar-refractivity contribution in [3.63, 3.8) is 0 Å². The lowest BCUT2D eigenvalue weighted by Crippen LogP contribution is -2.07. The molecule has 1 aromatic heterocycles. The van der Waals surface area contributed by atoms with E-state index in [0.29, 0.717) is 12.3 Å². The molecule has 2 aromatic rings. The van der Waals surface area contributed by atoms with Crippen molar-refractivity contribution in [2.75, 3.05) is 0 Å². The molecule has 0 fully saturated rings. The number of aromatic nitrogens is 2. The SMILES string of the molecule is Cc1cccc(Oc2cnn(CCC(=O)O)c2C)c1. The van der Waals surface area contributed by atoms with Gasteiger partial charge in [-0.05, 0) is 31.5 Å². The normalized spacial score (nSPS) is 10.4. The van der Waals surface area contributed by atoms with Crippen LogP contribution in [0.5, 0.6) is 11.5 Å². The summed E-state index contributed by atoms with van der Waals surface area (Å²) in [6.07, 6.45) is 1.66. The molecule has 1 heterocycles. The van der Waals surface area contributed by atoms with Crippen molar-refractivity contribution < 1.29 is 14.6 Å². The van der Waals surface area contributed by atoms with Gasteiger partial charge >= 0.3 is 5.97 Å². The highest BCUT2D eigenvalue weighted by atomic mass is 16.5. The van der Waals surface area contributed by atoms with Gasteiger partial charge in [-0.25, -0.2) is 0 Å². The van der Waals surface area contributed by atoms with E-state index < -0.39 is 5.97 Å². The number of rotatable bonds is 5.